The zero-order chi connectivity index (χ0) is 12.8. The molecule has 0 radical (unpaired) electrons. The van der Waals surface area contributed by atoms with Gasteiger partial charge in [0.15, 0.2) is 0 Å². The van der Waals surface area contributed by atoms with Crippen molar-refractivity contribution in [2.75, 3.05) is 0 Å². The molecule has 2 unspecified atom stereocenters. The summed E-state index contributed by atoms with van der Waals surface area (Å²) >= 11 is 0. The molecule has 0 heterocycles. The molecule has 0 aliphatic heterocycles. The third kappa shape index (κ3) is 4.39. The average Bonchev–Trinajstić information content (AvgIpc) is 2.28. The fourth-order valence-electron chi connectivity index (χ4n) is 2.00. The minimum absolute atomic E-state index is 0.128. The SMILES string of the molecule is CCCC(C)C(N)c1ccc(OC(C)C)cc1. The van der Waals surface area contributed by atoms with Crippen molar-refractivity contribution < 1.29 is 4.74 Å². The molecule has 0 fully saturated rings. The van der Waals surface area contributed by atoms with Crippen molar-refractivity contribution >= 4 is 0 Å². The molecule has 0 aliphatic carbocycles. The lowest BCUT2D eigenvalue weighted by Gasteiger charge is -2.20. The van der Waals surface area contributed by atoms with Crippen LogP contribution in [0.15, 0.2) is 24.3 Å². The van der Waals surface area contributed by atoms with Crippen molar-refractivity contribution in [3.8, 4) is 5.75 Å². The molecule has 0 saturated carbocycles. The molecule has 1 aromatic rings. The number of hydrogen-bond donors (Lipinski definition) is 1. The Hall–Kier alpha value is -1.02. The Bertz CT molecular complexity index is 318. The van der Waals surface area contributed by atoms with Crippen LogP contribution in [0.5, 0.6) is 5.75 Å². The lowest BCUT2D eigenvalue weighted by Crippen LogP contribution is -2.18. The normalized spacial score (nSPS) is 14.7. The molecule has 2 atom stereocenters. The number of nitrogens with two attached hydrogens (primary N) is 1. The van der Waals surface area contributed by atoms with Gasteiger partial charge in [0.05, 0.1) is 6.10 Å². The van der Waals surface area contributed by atoms with E-state index in [1.54, 1.807) is 0 Å². The molecule has 1 rings (SSSR count). The van der Waals surface area contributed by atoms with Crippen molar-refractivity contribution in [1.82, 2.24) is 0 Å². The molecule has 2 nitrogen and oxygen atoms in total. The topological polar surface area (TPSA) is 35.2 Å². The molecule has 0 bridgehead atoms. The van der Waals surface area contributed by atoms with E-state index in [0.717, 1.165) is 5.75 Å². The Morgan fingerprint density at radius 2 is 1.71 bits per heavy atom. The monoisotopic (exact) mass is 235 g/mol. The molecule has 0 amide bonds. The predicted molar refractivity (Wildman–Crippen MR) is 73.2 cm³/mol. The molecule has 2 heteroatoms. The first-order valence-electron chi connectivity index (χ1n) is 6.56. The van der Waals surface area contributed by atoms with Crippen LogP contribution in [0.1, 0.15) is 52.1 Å². The molecule has 17 heavy (non-hydrogen) atoms. The van der Waals surface area contributed by atoms with E-state index >= 15 is 0 Å². The summed E-state index contributed by atoms with van der Waals surface area (Å²) in [6.45, 7) is 8.47. The number of hydrogen-bond acceptors (Lipinski definition) is 2. The smallest absolute Gasteiger partial charge is 0.119 e. The standard InChI is InChI=1S/C15H25NO/c1-5-6-12(4)15(16)13-7-9-14(10-8-13)17-11(2)3/h7-12,15H,5-6,16H2,1-4H3. The minimum atomic E-state index is 0.128. The van der Waals surface area contributed by atoms with Gasteiger partial charge in [-0.1, -0.05) is 32.4 Å². The van der Waals surface area contributed by atoms with Crippen LogP contribution in [0.25, 0.3) is 0 Å². The van der Waals surface area contributed by atoms with Gasteiger partial charge in [-0.2, -0.15) is 0 Å². The van der Waals surface area contributed by atoms with Gasteiger partial charge >= 0.3 is 0 Å². The van der Waals surface area contributed by atoms with E-state index in [4.69, 9.17) is 10.5 Å². The van der Waals surface area contributed by atoms with E-state index in [2.05, 4.69) is 26.0 Å². The van der Waals surface area contributed by atoms with Crippen LogP contribution < -0.4 is 10.5 Å². The largest absolute Gasteiger partial charge is 0.491 e. The van der Waals surface area contributed by atoms with Gasteiger partial charge < -0.3 is 10.5 Å². The molecular weight excluding hydrogens is 210 g/mol. The van der Waals surface area contributed by atoms with Gasteiger partial charge in [0, 0.05) is 6.04 Å². The van der Waals surface area contributed by atoms with Gasteiger partial charge in [-0.3, -0.25) is 0 Å². The summed E-state index contributed by atoms with van der Waals surface area (Å²) < 4.78 is 5.62. The highest BCUT2D eigenvalue weighted by molar-refractivity contribution is 5.29. The molecule has 96 valence electrons. The molecule has 0 aromatic heterocycles. The highest BCUT2D eigenvalue weighted by Gasteiger charge is 2.13. The van der Waals surface area contributed by atoms with E-state index in [1.165, 1.54) is 18.4 Å². The highest BCUT2D eigenvalue weighted by atomic mass is 16.5. The Labute approximate surface area is 105 Å². The summed E-state index contributed by atoms with van der Waals surface area (Å²) in [7, 11) is 0. The quantitative estimate of drug-likeness (QED) is 0.811. The van der Waals surface area contributed by atoms with Crippen LogP contribution in [0.3, 0.4) is 0 Å². The molecule has 0 saturated heterocycles. The summed E-state index contributed by atoms with van der Waals surface area (Å²) in [4.78, 5) is 0. The van der Waals surface area contributed by atoms with Crippen LogP contribution in [-0.4, -0.2) is 6.10 Å². The van der Waals surface area contributed by atoms with Gasteiger partial charge in [-0.05, 0) is 43.9 Å². The number of ether oxygens (including phenoxy) is 1. The molecule has 1 aromatic carbocycles. The van der Waals surface area contributed by atoms with Crippen molar-refractivity contribution in [3.63, 3.8) is 0 Å². The fraction of sp³-hybridized carbons (Fsp3) is 0.600. The average molecular weight is 235 g/mol. The van der Waals surface area contributed by atoms with Gasteiger partial charge in [-0.15, -0.1) is 0 Å². The second kappa shape index (κ2) is 6.65. The van der Waals surface area contributed by atoms with Crippen molar-refractivity contribution in [2.45, 2.75) is 52.7 Å². The van der Waals surface area contributed by atoms with Crippen molar-refractivity contribution in [2.24, 2.45) is 11.7 Å². The maximum absolute atomic E-state index is 6.24. The van der Waals surface area contributed by atoms with Crippen LogP contribution >= 0.6 is 0 Å². The fourth-order valence-corrected chi connectivity index (χ4v) is 2.00. The van der Waals surface area contributed by atoms with E-state index in [9.17, 15) is 0 Å². The Balaban J connectivity index is 2.66. The summed E-state index contributed by atoms with van der Waals surface area (Å²) in [6.07, 6.45) is 2.57. The first kappa shape index (κ1) is 14.0. The van der Waals surface area contributed by atoms with Gasteiger partial charge in [0.25, 0.3) is 0 Å². The predicted octanol–water partition coefficient (Wildman–Crippen LogP) is 3.91. The molecule has 0 aliphatic rings. The summed E-state index contributed by atoms with van der Waals surface area (Å²) in [5, 5.41) is 0. The summed E-state index contributed by atoms with van der Waals surface area (Å²) in [5.41, 5.74) is 7.43. The third-order valence-electron chi connectivity index (χ3n) is 2.99. The lowest BCUT2D eigenvalue weighted by atomic mass is 9.92. The maximum atomic E-state index is 6.24. The zero-order valence-electron chi connectivity index (χ0n) is 11.4. The van der Waals surface area contributed by atoms with Crippen LogP contribution in [0.4, 0.5) is 0 Å². The molecule has 2 N–H and O–H groups in total. The number of benzene rings is 1. The van der Waals surface area contributed by atoms with Crippen LogP contribution in [0, 0.1) is 5.92 Å². The lowest BCUT2D eigenvalue weighted by molar-refractivity contribution is 0.242. The first-order chi connectivity index (χ1) is 8.04. The second-order valence-corrected chi connectivity index (χ2v) is 5.03. The zero-order valence-corrected chi connectivity index (χ0v) is 11.4. The van der Waals surface area contributed by atoms with Gasteiger partial charge in [-0.25, -0.2) is 0 Å². The highest BCUT2D eigenvalue weighted by Crippen LogP contribution is 2.25. The first-order valence-corrected chi connectivity index (χ1v) is 6.56. The molecule has 0 spiro atoms. The Kier molecular flexibility index (Phi) is 5.49. The Morgan fingerprint density at radius 3 is 2.18 bits per heavy atom. The number of rotatable bonds is 6. The van der Waals surface area contributed by atoms with E-state index < -0.39 is 0 Å². The van der Waals surface area contributed by atoms with E-state index in [-0.39, 0.29) is 12.1 Å². The summed E-state index contributed by atoms with van der Waals surface area (Å²) in [6, 6.07) is 8.30. The van der Waals surface area contributed by atoms with Gasteiger partial charge in [0.1, 0.15) is 5.75 Å². The minimum Gasteiger partial charge on any atom is -0.491 e. The van der Waals surface area contributed by atoms with Crippen LogP contribution in [0.2, 0.25) is 0 Å². The van der Waals surface area contributed by atoms with Crippen molar-refractivity contribution in [1.29, 1.82) is 0 Å². The van der Waals surface area contributed by atoms with Crippen molar-refractivity contribution in [3.05, 3.63) is 29.8 Å². The maximum Gasteiger partial charge on any atom is 0.119 e. The molecular formula is C15H25NO. The summed E-state index contributed by atoms with van der Waals surface area (Å²) in [5.74, 6) is 1.44. The van der Waals surface area contributed by atoms with Crippen LogP contribution in [-0.2, 0) is 0 Å². The second-order valence-electron chi connectivity index (χ2n) is 5.03. The van der Waals surface area contributed by atoms with E-state index in [0.29, 0.717) is 5.92 Å². The van der Waals surface area contributed by atoms with Gasteiger partial charge in [0.2, 0.25) is 0 Å². The van der Waals surface area contributed by atoms with E-state index in [1.807, 2.05) is 26.0 Å². The Morgan fingerprint density at radius 1 is 1.12 bits per heavy atom. The third-order valence-corrected chi connectivity index (χ3v) is 2.99.